The van der Waals surface area contributed by atoms with E-state index >= 15 is 0 Å². The van der Waals surface area contributed by atoms with Crippen molar-refractivity contribution in [3.8, 4) is 0 Å². The predicted octanol–water partition coefficient (Wildman–Crippen LogP) is 12.8. The highest BCUT2D eigenvalue weighted by Crippen LogP contribution is 2.15. The zero-order valence-corrected chi connectivity index (χ0v) is 31.1. The van der Waals surface area contributed by atoms with Crippen molar-refractivity contribution in [3.63, 3.8) is 0 Å². The van der Waals surface area contributed by atoms with Crippen molar-refractivity contribution in [1.82, 2.24) is 0 Å². The number of carbonyl (C=O) groups excluding carboxylic acids is 2. The third kappa shape index (κ3) is 38.8. The predicted molar refractivity (Wildman–Crippen MR) is 198 cm³/mol. The van der Waals surface area contributed by atoms with Crippen LogP contribution in [0.3, 0.4) is 0 Å². The molecule has 0 spiro atoms. The lowest BCUT2D eigenvalue weighted by atomic mass is 10.0. The first-order chi connectivity index (χ1) is 22.6. The summed E-state index contributed by atoms with van der Waals surface area (Å²) in [6, 6.07) is 0. The molecule has 0 aliphatic rings. The van der Waals surface area contributed by atoms with Crippen LogP contribution in [0.4, 0.5) is 0 Å². The van der Waals surface area contributed by atoms with E-state index in [0.717, 1.165) is 32.1 Å². The van der Waals surface area contributed by atoms with Crippen LogP contribution in [0, 0.1) is 0 Å². The molecule has 0 aromatic heterocycles. The Morgan fingerprint density at radius 1 is 0.457 bits per heavy atom. The summed E-state index contributed by atoms with van der Waals surface area (Å²) in [4.78, 5) is 24.2. The maximum absolute atomic E-state index is 12.1. The number of aliphatic hydroxyl groups excluding tert-OH is 1. The van der Waals surface area contributed by atoms with Crippen LogP contribution in [-0.4, -0.2) is 36.4 Å². The third-order valence-corrected chi connectivity index (χ3v) is 8.90. The van der Waals surface area contributed by atoms with Crippen LogP contribution in [0.2, 0.25) is 0 Å². The van der Waals surface area contributed by atoms with Crippen molar-refractivity contribution in [2.45, 2.75) is 225 Å². The summed E-state index contributed by atoms with van der Waals surface area (Å²) < 4.78 is 10.6. The van der Waals surface area contributed by atoms with E-state index in [1.165, 1.54) is 161 Å². The Balaban J connectivity index is 0. The molecule has 0 amide bonds. The molecule has 0 rings (SSSR count). The first-order valence-electron chi connectivity index (χ1n) is 20.1. The Kier molecular flexibility index (Phi) is 42.3. The fourth-order valence-electron chi connectivity index (χ4n) is 5.91. The van der Waals surface area contributed by atoms with E-state index in [2.05, 4.69) is 27.0 Å². The molecule has 1 unspecified atom stereocenters. The average molecular weight is 653 g/mol. The maximum atomic E-state index is 12.1. The van der Waals surface area contributed by atoms with Gasteiger partial charge in [-0.15, -0.1) is 13.2 Å². The number of esters is 2. The van der Waals surface area contributed by atoms with Crippen LogP contribution in [0.5, 0.6) is 0 Å². The van der Waals surface area contributed by atoms with Crippen molar-refractivity contribution >= 4 is 11.9 Å². The Bertz CT molecular complexity index is 608. The van der Waals surface area contributed by atoms with Crippen molar-refractivity contribution in [2.24, 2.45) is 0 Å². The van der Waals surface area contributed by atoms with E-state index in [4.69, 9.17) is 9.47 Å². The van der Waals surface area contributed by atoms with Gasteiger partial charge >= 0.3 is 11.9 Å². The van der Waals surface area contributed by atoms with Gasteiger partial charge in [0, 0.05) is 12.8 Å². The minimum Gasteiger partial charge on any atom is -0.462 e. The standard InChI is InChI=1S/C39H76O5.C2H4/c1-3-5-7-9-11-13-15-17-19-21-23-25-27-29-31-33-38(41)43-36-37(35-40)44-39(42)34-32-30-28-26-24-22-20-18-16-14-12-10-8-6-4-2;1-2/h37,40H,3-36H2,1-2H3;1-2H2. The van der Waals surface area contributed by atoms with Gasteiger partial charge in [-0.2, -0.15) is 0 Å². The fraction of sp³-hybridized carbons (Fsp3) is 0.902. The van der Waals surface area contributed by atoms with Crippen LogP contribution in [0.15, 0.2) is 13.2 Å². The number of carbonyl (C=O) groups is 2. The minimum absolute atomic E-state index is 0.0569. The molecule has 0 bridgehead atoms. The van der Waals surface area contributed by atoms with Gasteiger partial charge in [-0.05, 0) is 12.8 Å². The number of rotatable bonds is 36. The Labute approximate surface area is 287 Å². The molecule has 0 radical (unpaired) electrons. The van der Waals surface area contributed by atoms with Crippen molar-refractivity contribution < 1.29 is 24.2 Å². The SMILES string of the molecule is C=C.CCCCCCCCCCCCCCCCCC(=O)OCC(CO)OC(=O)CCCCCCCCCCCCCCCCC. The van der Waals surface area contributed by atoms with E-state index in [1.54, 1.807) is 0 Å². The smallest absolute Gasteiger partial charge is 0.306 e. The van der Waals surface area contributed by atoms with Gasteiger partial charge in [-0.25, -0.2) is 0 Å². The average Bonchev–Trinajstić information content (AvgIpc) is 3.07. The van der Waals surface area contributed by atoms with E-state index in [9.17, 15) is 14.7 Å². The van der Waals surface area contributed by atoms with Crippen molar-refractivity contribution in [1.29, 1.82) is 0 Å². The zero-order chi connectivity index (χ0) is 34.2. The number of aliphatic hydroxyl groups is 1. The molecular formula is C41H80O5. The summed E-state index contributed by atoms with van der Waals surface area (Å²) in [6.07, 6.45) is 38.7. The van der Waals surface area contributed by atoms with E-state index in [1.807, 2.05) is 0 Å². The molecule has 274 valence electrons. The molecule has 0 saturated carbocycles. The third-order valence-electron chi connectivity index (χ3n) is 8.90. The summed E-state index contributed by atoms with van der Waals surface area (Å²) in [7, 11) is 0. The largest absolute Gasteiger partial charge is 0.462 e. The lowest BCUT2D eigenvalue weighted by molar-refractivity contribution is -0.161. The summed E-state index contributed by atoms with van der Waals surface area (Å²) in [5, 5.41) is 9.54. The zero-order valence-electron chi connectivity index (χ0n) is 31.1. The monoisotopic (exact) mass is 653 g/mol. The first-order valence-corrected chi connectivity index (χ1v) is 20.1. The van der Waals surface area contributed by atoms with Gasteiger partial charge in [0.05, 0.1) is 6.61 Å². The summed E-state index contributed by atoms with van der Waals surface area (Å²) >= 11 is 0. The number of ether oxygens (including phenoxy) is 2. The molecule has 1 N–H and O–H groups in total. The molecule has 0 aromatic carbocycles. The number of hydrogen-bond acceptors (Lipinski definition) is 5. The second kappa shape index (κ2) is 41.7. The molecule has 1 atom stereocenters. The van der Waals surface area contributed by atoms with E-state index < -0.39 is 6.10 Å². The molecule has 0 fully saturated rings. The summed E-state index contributed by atoms with van der Waals surface area (Å²) in [5.41, 5.74) is 0. The highest BCUT2D eigenvalue weighted by Gasteiger charge is 2.16. The second-order valence-electron chi connectivity index (χ2n) is 13.4. The second-order valence-corrected chi connectivity index (χ2v) is 13.4. The molecule has 0 aliphatic carbocycles. The van der Waals surface area contributed by atoms with Gasteiger partial charge < -0.3 is 14.6 Å². The lowest BCUT2D eigenvalue weighted by Gasteiger charge is -2.15. The first kappa shape index (κ1) is 46.8. The highest BCUT2D eigenvalue weighted by molar-refractivity contribution is 5.70. The van der Waals surface area contributed by atoms with Crippen LogP contribution >= 0.6 is 0 Å². The summed E-state index contributed by atoms with van der Waals surface area (Å²) in [5.74, 6) is -0.575. The van der Waals surface area contributed by atoms with Gasteiger partial charge in [-0.1, -0.05) is 194 Å². The Morgan fingerprint density at radius 2 is 0.717 bits per heavy atom. The molecule has 5 nitrogen and oxygen atoms in total. The lowest BCUT2D eigenvalue weighted by Crippen LogP contribution is -2.28. The molecule has 0 heterocycles. The molecule has 5 heteroatoms. The minimum atomic E-state index is -0.760. The molecular weight excluding hydrogens is 572 g/mol. The normalized spacial score (nSPS) is 11.5. The highest BCUT2D eigenvalue weighted by atomic mass is 16.6. The van der Waals surface area contributed by atoms with Crippen LogP contribution < -0.4 is 0 Å². The Hall–Kier alpha value is -1.36. The number of unbranched alkanes of at least 4 members (excludes halogenated alkanes) is 28. The van der Waals surface area contributed by atoms with Crippen LogP contribution in [-0.2, 0) is 19.1 Å². The molecule has 46 heavy (non-hydrogen) atoms. The fourth-order valence-corrected chi connectivity index (χ4v) is 5.91. The van der Waals surface area contributed by atoms with Gasteiger partial charge in [0.1, 0.15) is 6.61 Å². The Morgan fingerprint density at radius 3 is 1.00 bits per heavy atom. The molecule has 0 aromatic rings. The van der Waals surface area contributed by atoms with E-state index in [-0.39, 0.29) is 25.2 Å². The molecule has 0 aliphatic heterocycles. The van der Waals surface area contributed by atoms with Crippen LogP contribution in [0.1, 0.15) is 219 Å². The van der Waals surface area contributed by atoms with Gasteiger partial charge in [0.25, 0.3) is 0 Å². The molecule has 0 saturated heterocycles. The van der Waals surface area contributed by atoms with Crippen molar-refractivity contribution in [2.75, 3.05) is 13.2 Å². The summed E-state index contributed by atoms with van der Waals surface area (Å²) in [6.45, 7) is 10.2. The topological polar surface area (TPSA) is 72.8 Å². The maximum Gasteiger partial charge on any atom is 0.306 e. The van der Waals surface area contributed by atoms with E-state index in [0.29, 0.717) is 12.8 Å². The number of hydrogen-bond donors (Lipinski definition) is 1. The van der Waals surface area contributed by atoms with Crippen LogP contribution in [0.25, 0.3) is 0 Å². The van der Waals surface area contributed by atoms with Gasteiger partial charge in [0.2, 0.25) is 0 Å². The van der Waals surface area contributed by atoms with Gasteiger partial charge in [-0.3, -0.25) is 9.59 Å². The van der Waals surface area contributed by atoms with Crippen molar-refractivity contribution in [3.05, 3.63) is 13.2 Å². The quantitative estimate of drug-likeness (QED) is 0.0414. The van der Waals surface area contributed by atoms with Gasteiger partial charge in [0.15, 0.2) is 6.10 Å².